The molecule has 0 atom stereocenters. The predicted octanol–water partition coefficient (Wildman–Crippen LogP) is 3.36. The fraction of sp³-hybridized carbons (Fsp3) is 0.350. The molecular formula is C20H25N3O. The maximum absolute atomic E-state index is 12.3. The van der Waals surface area contributed by atoms with Crippen molar-refractivity contribution in [1.29, 1.82) is 0 Å². The molecule has 1 saturated heterocycles. The molecular weight excluding hydrogens is 298 g/mol. The summed E-state index contributed by atoms with van der Waals surface area (Å²) in [6.45, 7) is 3.24. The lowest BCUT2D eigenvalue weighted by atomic mass is 10.2. The lowest BCUT2D eigenvalue weighted by Crippen LogP contribution is -2.31. The second kappa shape index (κ2) is 7.86. The maximum Gasteiger partial charge on any atom is 0.241 e. The van der Waals surface area contributed by atoms with Crippen LogP contribution in [0.25, 0.3) is 0 Å². The van der Waals surface area contributed by atoms with E-state index < -0.39 is 0 Å². The summed E-state index contributed by atoms with van der Waals surface area (Å²) >= 11 is 0. The number of carbonyl (C=O) groups excluding carboxylic acids is 1. The van der Waals surface area contributed by atoms with Crippen molar-refractivity contribution < 1.29 is 4.79 Å². The normalized spacial score (nSPS) is 13.8. The first-order valence-corrected chi connectivity index (χ1v) is 8.59. The monoisotopic (exact) mass is 323 g/mol. The van der Waals surface area contributed by atoms with Crippen molar-refractivity contribution in [1.82, 2.24) is 4.90 Å². The molecule has 1 amide bonds. The van der Waals surface area contributed by atoms with E-state index in [0.29, 0.717) is 13.1 Å². The summed E-state index contributed by atoms with van der Waals surface area (Å²) in [7, 11) is 1.84. The Kier molecular flexibility index (Phi) is 5.36. The summed E-state index contributed by atoms with van der Waals surface area (Å²) in [6, 6.07) is 18.4. The van der Waals surface area contributed by atoms with E-state index in [1.54, 1.807) is 4.90 Å². The first kappa shape index (κ1) is 16.4. The standard InChI is InChI=1S/C20H25N3O/c1-22(16-17-7-3-2-4-8-17)20(24)15-21-18-9-11-19(12-10-18)23-13-5-6-14-23/h2-4,7-12,21H,5-6,13-16H2,1H3. The average molecular weight is 323 g/mol. The Balaban J connectivity index is 1.48. The molecule has 1 N–H and O–H groups in total. The van der Waals surface area contributed by atoms with Crippen LogP contribution in [0.5, 0.6) is 0 Å². The highest BCUT2D eigenvalue weighted by Crippen LogP contribution is 2.21. The highest BCUT2D eigenvalue weighted by molar-refractivity contribution is 5.80. The van der Waals surface area contributed by atoms with Crippen molar-refractivity contribution in [3.05, 3.63) is 60.2 Å². The Labute approximate surface area is 144 Å². The SMILES string of the molecule is CN(Cc1ccccc1)C(=O)CNc1ccc(N2CCCC2)cc1. The topological polar surface area (TPSA) is 35.6 Å². The summed E-state index contributed by atoms with van der Waals surface area (Å²) in [4.78, 5) is 16.4. The number of carbonyl (C=O) groups is 1. The summed E-state index contributed by atoms with van der Waals surface area (Å²) < 4.78 is 0. The minimum absolute atomic E-state index is 0.0856. The number of nitrogens with zero attached hydrogens (tertiary/aromatic N) is 2. The molecule has 4 nitrogen and oxygen atoms in total. The molecule has 0 aliphatic carbocycles. The minimum Gasteiger partial charge on any atom is -0.376 e. The Bertz CT molecular complexity index is 648. The summed E-state index contributed by atoms with van der Waals surface area (Å²) in [5, 5.41) is 3.22. The number of hydrogen-bond acceptors (Lipinski definition) is 3. The van der Waals surface area contributed by atoms with Gasteiger partial charge in [-0.2, -0.15) is 0 Å². The second-order valence-corrected chi connectivity index (χ2v) is 6.33. The molecule has 0 bridgehead atoms. The van der Waals surface area contributed by atoms with Crippen LogP contribution in [0.3, 0.4) is 0 Å². The van der Waals surface area contributed by atoms with Crippen molar-refractivity contribution in [3.63, 3.8) is 0 Å². The first-order valence-electron chi connectivity index (χ1n) is 8.59. The van der Waals surface area contributed by atoms with E-state index in [4.69, 9.17) is 0 Å². The molecule has 24 heavy (non-hydrogen) atoms. The predicted molar refractivity (Wildman–Crippen MR) is 99.3 cm³/mol. The van der Waals surface area contributed by atoms with Crippen LogP contribution in [-0.4, -0.2) is 37.5 Å². The first-order chi connectivity index (χ1) is 11.7. The molecule has 4 heteroatoms. The number of likely N-dealkylation sites (N-methyl/N-ethyl adjacent to an activating group) is 1. The number of anilines is 2. The van der Waals surface area contributed by atoms with Crippen molar-refractivity contribution in [3.8, 4) is 0 Å². The highest BCUT2D eigenvalue weighted by atomic mass is 16.2. The van der Waals surface area contributed by atoms with Crippen molar-refractivity contribution in [2.45, 2.75) is 19.4 Å². The Hall–Kier alpha value is -2.49. The van der Waals surface area contributed by atoms with Gasteiger partial charge in [-0.25, -0.2) is 0 Å². The van der Waals surface area contributed by atoms with Crippen molar-refractivity contribution in [2.24, 2.45) is 0 Å². The van der Waals surface area contributed by atoms with Crippen molar-refractivity contribution in [2.75, 3.05) is 36.9 Å². The minimum atomic E-state index is 0.0856. The van der Waals surface area contributed by atoms with Gasteiger partial charge in [0.1, 0.15) is 0 Å². The molecule has 126 valence electrons. The number of hydrogen-bond donors (Lipinski definition) is 1. The van der Waals surface area contributed by atoms with Crippen molar-refractivity contribution >= 4 is 17.3 Å². The molecule has 1 fully saturated rings. The van der Waals surface area contributed by atoms with Gasteiger partial charge in [-0.05, 0) is 42.7 Å². The van der Waals surface area contributed by atoms with Crippen LogP contribution >= 0.6 is 0 Å². The zero-order valence-corrected chi connectivity index (χ0v) is 14.2. The van der Waals surface area contributed by atoms with Gasteiger partial charge in [0.05, 0.1) is 6.54 Å². The van der Waals surface area contributed by atoms with E-state index in [2.05, 4.69) is 34.5 Å². The van der Waals surface area contributed by atoms with E-state index >= 15 is 0 Å². The van der Waals surface area contributed by atoms with Gasteiger partial charge in [-0.1, -0.05) is 30.3 Å². The van der Waals surface area contributed by atoms with Crippen LogP contribution in [0.15, 0.2) is 54.6 Å². The number of nitrogens with one attached hydrogen (secondary N) is 1. The molecule has 2 aromatic rings. The summed E-state index contributed by atoms with van der Waals surface area (Å²) in [6.07, 6.45) is 2.56. The van der Waals surface area contributed by atoms with Gasteiger partial charge in [0.2, 0.25) is 5.91 Å². The Morgan fingerprint density at radius 3 is 2.38 bits per heavy atom. The number of amides is 1. The molecule has 1 aliphatic rings. The molecule has 1 heterocycles. The zero-order chi connectivity index (χ0) is 16.8. The molecule has 0 saturated carbocycles. The third kappa shape index (κ3) is 4.28. The fourth-order valence-corrected chi connectivity index (χ4v) is 3.02. The van der Waals surface area contributed by atoms with Crippen LogP contribution in [0, 0.1) is 0 Å². The molecule has 1 aliphatic heterocycles. The van der Waals surface area contributed by atoms with Crippen LogP contribution in [0.2, 0.25) is 0 Å². The average Bonchev–Trinajstić information content (AvgIpc) is 3.15. The van der Waals surface area contributed by atoms with E-state index in [9.17, 15) is 4.79 Å². The van der Waals surface area contributed by atoms with Gasteiger partial charge in [0, 0.05) is 38.1 Å². The van der Waals surface area contributed by atoms with Gasteiger partial charge in [0.15, 0.2) is 0 Å². The van der Waals surface area contributed by atoms with E-state index in [1.165, 1.54) is 18.5 Å². The maximum atomic E-state index is 12.3. The van der Waals surface area contributed by atoms with Gasteiger partial charge < -0.3 is 15.1 Å². The largest absolute Gasteiger partial charge is 0.376 e. The second-order valence-electron chi connectivity index (χ2n) is 6.33. The summed E-state index contributed by atoms with van der Waals surface area (Å²) in [5.41, 5.74) is 3.40. The Morgan fingerprint density at radius 2 is 1.71 bits per heavy atom. The van der Waals surface area contributed by atoms with Crippen LogP contribution < -0.4 is 10.2 Å². The lowest BCUT2D eigenvalue weighted by molar-refractivity contribution is -0.128. The molecule has 0 spiro atoms. The van der Waals surface area contributed by atoms with E-state index in [0.717, 1.165) is 24.3 Å². The molecule has 0 radical (unpaired) electrons. The summed E-state index contributed by atoms with van der Waals surface area (Å²) in [5.74, 6) is 0.0856. The molecule has 0 aromatic heterocycles. The van der Waals surface area contributed by atoms with Gasteiger partial charge >= 0.3 is 0 Å². The number of benzene rings is 2. The molecule has 3 rings (SSSR count). The lowest BCUT2D eigenvalue weighted by Gasteiger charge is -2.19. The van der Waals surface area contributed by atoms with Crippen LogP contribution in [0.4, 0.5) is 11.4 Å². The quantitative estimate of drug-likeness (QED) is 0.885. The van der Waals surface area contributed by atoms with Crippen LogP contribution in [-0.2, 0) is 11.3 Å². The van der Waals surface area contributed by atoms with Gasteiger partial charge in [0.25, 0.3) is 0 Å². The number of rotatable bonds is 6. The van der Waals surface area contributed by atoms with Crippen LogP contribution in [0.1, 0.15) is 18.4 Å². The third-order valence-corrected chi connectivity index (χ3v) is 4.47. The smallest absolute Gasteiger partial charge is 0.241 e. The van der Waals surface area contributed by atoms with E-state index in [1.807, 2.05) is 37.4 Å². The van der Waals surface area contributed by atoms with Gasteiger partial charge in [-0.15, -0.1) is 0 Å². The molecule has 0 unspecified atom stereocenters. The highest BCUT2D eigenvalue weighted by Gasteiger charge is 2.12. The third-order valence-electron chi connectivity index (χ3n) is 4.47. The Morgan fingerprint density at radius 1 is 1.04 bits per heavy atom. The fourth-order valence-electron chi connectivity index (χ4n) is 3.02. The van der Waals surface area contributed by atoms with Gasteiger partial charge in [-0.3, -0.25) is 4.79 Å². The molecule has 2 aromatic carbocycles. The van der Waals surface area contributed by atoms with E-state index in [-0.39, 0.29) is 5.91 Å². The zero-order valence-electron chi connectivity index (χ0n) is 14.2.